The molecular formula is C20H20ClFN2O2. The molecule has 2 aromatic rings. The highest BCUT2D eigenvalue weighted by atomic mass is 35.5. The number of hydrogen-bond acceptors (Lipinski definition) is 4. The number of aromatic nitrogens is 1. The molecule has 0 radical (unpaired) electrons. The van der Waals surface area contributed by atoms with Crippen molar-refractivity contribution in [2.45, 2.75) is 44.4 Å². The van der Waals surface area contributed by atoms with E-state index in [-0.39, 0.29) is 5.97 Å². The Labute approximate surface area is 156 Å². The minimum absolute atomic E-state index is 0.316. The molecule has 0 spiro atoms. The predicted octanol–water partition coefficient (Wildman–Crippen LogP) is 5.55. The summed E-state index contributed by atoms with van der Waals surface area (Å²) in [6, 6.07) is 4.32. The number of carbonyl (C=O) groups excluding carboxylic acids is 1. The standard InChI is InChI=1S/C20H20ClFN2O2/c1-2-26-20(25)16-10-23-19(24-15-8-13(21)7-14(22)9-15)18-12-5-3-11(4-6-12)17(16)18/h7-12H,2-6H2,1H3,(H,23,24). The Morgan fingerprint density at radius 1 is 1.23 bits per heavy atom. The average Bonchev–Trinajstić information content (AvgIpc) is 2.62. The van der Waals surface area contributed by atoms with Crippen LogP contribution in [-0.2, 0) is 4.74 Å². The van der Waals surface area contributed by atoms with Crippen molar-refractivity contribution >= 4 is 29.1 Å². The fourth-order valence-electron chi connectivity index (χ4n) is 4.30. The minimum Gasteiger partial charge on any atom is -0.462 e. The number of esters is 1. The summed E-state index contributed by atoms with van der Waals surface area (Å²) in [5, 5.41) is 3.53. The maximum absolute atomic E-state index is 13.7. The van der Waals surface area contributed by atoms with Crippen molar-refractivity contribution < 1.29 is 13.9 Å². The van der Waals surface area contributed by atoms with Crippen molar-refractivity contribution in [1.82, 2.24) is 4.98 Å². The number of carbonyl (C=O) groups is 1. The quantitative estimate of drug-likeness (QED) is 0.713. The van der Waals surface area contributed by atoms with E-state index in [0.717, 1.165) is 36.8 Å². The van der Waals surface area contributed by atoms with E-state index >= 15 is 0 Å². The maximum Gasteiger partial charge on any atom is 0.339 e. The van der Waals surface area contributed by atoms with E-state index in [9.17, 15) is 9.18 Å². The smallest absolute Gasteiger partial charge is 0.339 e. The number of hydrogen-bond donors (Lipinski definition) is 1. The minimum atomic E-state index is -0.404. The first-order chi connectivity index (χ1) is 12.6. The van der Waals surface area contributed by atoms with Gasteiger partial charge in [0.05, 0.1) is 12.2 Å². The van der Waals surface area contributed by atoms with Gasteiger partial charge in [0.15, 0.2) is 0 Å². The van der Waals surface area contributed by atoms with Crippen LogP contribution in [-0.4, -0.2) is 17.6 Å². The second kappa shape index (κ2) is 6.88. The van der Waals surface area contributed by atoms with Gasteiger partial charge in [0.2, 0.25) is 0 Å². The first-order valence-electron chi connectivity index (χ1n) is 8.99. The zero-order chi connectivity index (χ0) is 18.3. The lowest BCUT2D eigenvalue weighted by Crippen LogP contribution is -2.26. The largest absolute Gasteiger partial charge is 0.462 e. The molecule has 0 atom stereocenters. The molecule has 3 aliphatic rings. The first-order valence-corrected chi connectivity index (χ1v) is 9.37. The molecule has 0 aliphatic heterocycles. The third-order valence-electron chi connectivity index (χ3n) is 5.32. The van der Waals surface area contributed by atoms with Crippen LogP contribution in [0.3, 0.4) is 0 Å². The van der Waals surface area contributed by atoms with Crippen molar-refractivity contribution in [1.29, 1.82) is 0 Å². The van der Waals surface area contributed by atoms with Crippen LogP contribution in [0.4, 0.5) is 15.9 Å². The van der Waals surface area contributed by atoms with Gasteiger partial charge in [-0.25, -0.2) is 14.2 Å². The molecular weight excluding hydrogens is 355 g/mol. The van der Waals surface area contributed by atoms with Crippen LogP contribution < -0.4 is 5.32 Å². The summed E-state index contributed by atoms with van der Waals surface area (Å²) in [5.74, 6) is 0.684. The lowest BCUT2D eigenvalue weighted by atomic mass is 9.66. The third kappa shape index (κ3) is 3.05. The highest BCUT2D eigenvalue weighted by Crippen LogP contribution is 2.52. The van der Waals surface area contributed by atoms with E-state index in [1.165, 1.54) is 12.1 Å². The van der Waals surface area contributed by atoms with E-state index in [1.807, 2.05) is 0 Å². The number of halogens is 2. The van der Waals surface area contributed by atoms with Gasteiger partial charge in [-0.15, -0.1) is 0 Å². The molecule has 26 heavy (non-hydrogen) atoms. The summed E-state index contributed by atoms with van der Waals surface area (Å²) < 4.78 is 18.9. The molecule has 2 bridgehead atoms. The number of nitrogens with one attached hydrogen (secondary N) is 1. The fraction of sp³-hybridized carbons (Fsp3) is 0.400. The normalized spacial score (nSPS) is 20.6. The number of fused-ring (bicyclic) bond motifs is 2. The first kappa shape index (κ1) is 17.3. The van der Waals surface area contributed by atoms with Crippen molar-refractivity contribution in [3.63, 3.8) is 0 Å². The van der Waals surface area contributed by atoms with Crippen molar-refractivity contribution in [3.8, 4) is 0 Å². The Bertz CT molecular complexity index is 843. The summed E-state index contributed by atoms with van der Waals surface area (Å²) in [7, 11) is 0. The lowest BCUT2D eigenvalue weighted by Gasteiger charge is -2.40. The molecule has 1 fully saturated rings. The van der Waals surface area contributed by atoms with Gasteiger partial charge in [-0.3, -0.25) is 0 Å². The fourth-order valence-corrected chi connectivity index (χ4v) is 4.52. The number of ether oxygens (including phenoxy) is 1. The van der Waals surface area contributed by atoms with Crippen LogP contribution in [0.2, 0.25) is 5.02 Å². The molecule has 5 rings (SSSR count). The van der Waals surface area contributed by atoms with Gasteiger partial charge in [0.25, 0.3) is 0 Å². The number of anilines is 2. The Hall–Kier alpha value is -2.14. The van der Waals surface area contributed by atoms with Crippen molar-refractivity contribution in [2.75, 3.05) is 11.9 Å². The molecule has 3 aliphatic carbocycles. The topological polar surface area (TPSA) is 51.2 Å². The Morgan fingerprint density at radius 2 is 1.92 bits per heavy atom. The molecule has 1 aromatic carbocycles. The second-order valence-electron chi connectivity index (χ2n) is 6.90. The molecule has 1 heterocycles. The number of nitrogens with zero attached hydrogens (tertiary/aromatic N) is 1. The van der Waals surface area contributed by atoms with Gasteiger partial charge in [-0.2, -0.15) is 0 Å². The summed E-state index contributed by atoms with van der Waals surface area (Å²) in [6.07, 6.45) is 5.92. The van der Waals surface area contributed by atoms with Crippen LogP contribution in [0, 0.1) is 5.82 Å². The molecule has 4 nitrogen and oxygen atoms in total. The van der Waals surface area contributed by atoms with Gasteiger partial charge in [-0.1, -0.05) is 11.6 Å². The highest BCUT2D eigenvalue weighted by Gasteiger charge is 2.38. The van der Waals surface area contributed by atoms with Crippen molar-refractivity contribution in [3.05, 3.63) is 51.9 Å². The van der Waals surface area contributed by atoms with Crippen molar-refractivity contribution in [2.24, 2.45) is 0 Å². The molecule has 1 saturated carbocycles. The summed E-state index contributed by atoms with van der Waals surface area (Å²) >= 11 is 5.96. The van der Waals surface area contributed by atoms with E-state index in [0.29, 0.717) is 40.5 Å². The summed E-state index contributed by atoms with van der Waals surface area (Å²) in [4.78, 5) is 16.9. The summed E-state index contributed by atoms with van der Waals surface area (Å²) in [5.41, 5.74) is 3.26. The number of rotatable bonds is 4. The lowest BCUT2D eigenvalue weighted by molar-refractivity contribution is 0.0522. The Balaban J connectivity index is 1.79. The monoisotopic (exact) mass is 374 g/mol. The maximum atomic E-state index is 13.7. The van der Waals surface area contributed by atoms with Crippen LogP contribution in [0.5, 0.6) is 0 Å². The van der Waals surface area contributed by atoms with Crippen LogP contribution in [0.1, 0.15) is 65.9 Å². The Kier molecular flexibility index (Phi) is 4.57. The number of pyridine rings is 1. The van der Waals surface area contributed by atoms with Gasteiger partial charge >= 0.3 is 5.97 Å². The van der Waals surface area contributed by atoms with Crippen LogP contribution >= 0.6 is 11.6 Å². The zero-order valence-electron chi connectivity index (χ0n) is 14.5. The second-order valence-corrected chi connectivity index (χ2v) is 7.34. The van der Waals surface area contributed by atoms with Gasteiger partial charge in [-0.05, 0) is 68.2 Å². The summed E-state index contributed by atoms with van der Waals surface area (Å²) in [6.45, 7) is 2.14. The average molecular weight is 375 g/mol. The molecule has 1 aromatic heterocycles. The Morgan fingerprint density at radius 3 is 2.58 bits per heavy atom. The predicted molar refractivity (Wildman–Crippen MR) is 98.8 cm³/mol. The van der Waals surface area contributed by atoms with E-state index in [1.54, 1.807) is 19.2 Å². The van der Waals surface area contributed by atoms with E-state index in [4.69, 9.17) is 16.3 Å². The van der Waals surface area contributed by atoms with Gasteiger partial charge in [0, 0.05) is 22.5 Å². The van der Waals surface area contributed by atoms with Gasteiger partial charge in [0.1, 0.15) is 11.6 Å². The SMILES string of the molecule is CCOC(=O)c1cnc(Nc2cc(F)cc(Cl)c2)c2c1C1CCC2CC1. The number of benzene rings is 1. The van der Waals surface area contributed by atoms with Crippen LogP contribution in [0.15, 0.2) is 24.4 Å². The molecule has 0 saturated heterocycles. The zero-order valence-corrected chi connectivity index (χ0v) is 15.3. The van der Waals surface area contributed by atoms with E-state index in [2.05, 4.69) is 10.3 Å². The molecule has 0 unspecified atom stereocenters. The molecule has 1 N–H and O–H groups in total. The van der Waals surface area contributed by atoms with Crippen LogP contribution in [0.25, 0.3) is 0 Å². The molecule has 6 heteroatoms. The molecule has 136 valence electrons. The molecule has 0 amide bonds. The third-order valence-corrected chi connectivity index (χ3v) is 5.54. The van der Waals surface area contributed by atoms with Gasteiger partial charge < -0.3 is 10.1 Å². The highest BCUT2D eigenvalue weighted by molar-refractivity contribution is 6.30. The van der Waals surface area contributed by atoms with E-state index < -0.39 is 5.82 Å².